The van der Waals surface area contributed by atoms with Crippen LogP contribution in [0.2, 0.25) is 0 Å². The number of hydrogen-bond acceptors (Lipinski definition) is 5. The second kappa shape index (κ2) is 8.82. The summed E-state index contributed by atoms with van der Waals surface area (Å²) in [6.45, 7) is 2.62. The molecule has 150 valence electrons. The predicted octanol–water partition coefficient (Wildman–Crippen LogP) is 2.77. The van der Waals surface area contributed by atoms with E-state index in [1.807, 2.05) is 36.4 Å². The van der Waals surface area contributed by atoms with Crippen LogP contribution in [0.5, 0.6) is 11.5 Å². The van der Waals surface area contributed by atoms with Crippen LogP contribution < -0.4 is 20.5 Å². The Bertz CT molecular complexity index is 820. The van der Waals surface area contributed by atoms with Crippen molar-refractivity contribution in [1.82, 2.24) is 5.32 Å². The van der Waals surface area contributed by atoms with Gasteiger partial charge in [-0.1, -0.05) is 18.2 Å². The molecule has 1 fully saturated rings. The Morgan fingerprint density at radius 3 is 2.46 bits per heavy atom. The molecule has 2 aliphatic heterocycles. The molecular formula is C21H25ClN2O4. The summed E-state index contributed by atoms with van der Waals surface area (Å²) in [6.07, 6.45) is 1.69. The first kappa shape index (κ1) is 20.5. The third-order valence-corrected chi connectivity index (χ3v) is 5.47. The van der Waals surface area contributed by atoms with Crippen molar-refractivity contribution in [3.8, 4) is 11.5 Å². The van der Waals surface area contributed by atoms with Gasteiger partial charge in [-0.3, -0.25) is 4.79 Å². The Kier molecular flexibility index (Phi) is 6.44. The zero-order valence-electron chi connectivity index (χ0n) is 15.6. The Balaban J connectivity index is 0.00000225. The van der Waals surface area contributed by atoms with Crippen LogP contribution in [0, 0.1) is 0 Å². The van der Waals surface area contributed by atoms with Gasteiger partial charge < -0.3 is 25.3 Å². The quantitative estimate of drug-likeness (QED) is 0.800. The van der Waals surface area contributed by atoms with Crippen molar-refractivity contribution < 1.29 is 19.0 Å². The number of rotatable bonds is 5. The summed E-state index contributed by atoms with van der Waals surface area (Å²) >= 11 is 0. The van der Waals surface area contributed by atoms with Gasteiger partial charge in [-0.25, -0.2) is 0 Å². The number of amides is 1. The summed E-state index contributed by atoms with van der Waals surface area (Å²) in [7, 11) is 0. The van der Waals surface area contributed by atoms with Crippen LogP contribution in [0.1, 0.15) is 34.3 Å². The molecule has 0 spiro atoms. The summed E-state index contributed by atoms with van der Waals surface area (Å²) in [5.41, 5.74) is 8.24. The van der Waals surface area contributed by atoms with E-state index >= 15 is 0 Å². The van der Waals surface area contributed by atoms with Crippen LogP contribution in [0.3, 0.4) is 0 Å². The molecule has 0 saturated carbocycles. The van der Waals surface area contributed by atoms with Gasteiger partial charge >= 0.3 is 0 Å². The molecule has 6 nitrogen and oxygen atoms in total. The second-order valence-corrected chi connectivity index (χ2v) is 7.04. The molecule has 0 bridgehead atoms. The zero-order chi connectivity index (χ0) is 18.7. The minimum Gasteiger partial charge on any atom is -0.454 e. The highest BCUT2D eigenvalue weighted by Crippen LogP contribution is 2.40. The molecule has 2 heterocycles. The van der Waals surface area contributed by atoms with E-state index in [-0.39, 0.29) is 30.5 Å². The number of nitrogens with two attached hydrogens (primary N) is 1. The summed E-state index contributed by atoms with van der Waals surface area (Å²) in [5, 5.41) is 3.12. The fraction of sp³-hybridized carbons (Fsp3) is 0.381. The van der Waals surface area contributed by atoms with E-state index in [9.17, 15) is 4.79 Å². The third-order valence-electron chi connectivity index (χ3n) is 5.47. The molecule has 3 N–H and O–H groups in total. The fourth-order valence-corrected chi connectivity index (χ4v) is 3.70. The van der Waals surface area contributed by atoms with Crippen molar-refractivity contribution in [1.29, 1.82) is 0 Å². The lowest BCUT2D eigenvalue weighted by Crippen LogP contribution is -2.44. The monoisotopic (exact) mass is 404 g/mol. The SMILES string of the molecule is Cl.NCc1ccc(C(=O)NCC2(c3ccc4c(c3)OCO4)CCOCC2)cc1. The van der Waals surface area contributed by atoms with Crippen molar-refractivity contribution in [2.75, 3.05) is 26.6 Å². The molecule has 7 heteroatoms. The van der Waals surface area contributed by atoms with Crippen molar-refractivity contribution in [3.63, 3.8) is 0 Å². The minimum absolute atomic E-state index is 0. The molecule has 1 saturated heterocycles. The van der Waals surface area contributed by atoms with Gasteiger partial charge in [0.05, 0.1) is 0 Å². The molecule has 2 aromatic carbocycles. The third kappa shape index (κ3) is 4.09. The van der Waals surface area contributed by atoms with Gasteiger partial charge in [-0.2, -0.15) is 0 Å². The molecule has 2 aliphatic rings. The van der Waals surface area contributed by atoms with E-state index < -0.39 is 0 Å². The first-order valence-corrected chi connectivity index (χ1v) is 9.25. The van der Waals surface area contributed by atoms with Crippen LogP contribution in [-0.2, 0) is 16.7 Å². The van der Waals surface area contributed by atoms with Crippen LogP contribution >= 0.6 is 12.4 Å². The zero-order valence-corrected chi connectivity index (χ0v) is 16.4. The highest BCUT2D eigenvalue weighted by atomic mass is 35.5. The molecule has 4 rings (SSSR count). The number of hydrogen-bond donors (Lipinski definition) is 2. The van der Waals surface area contributed by atoms with Crippen molar-refractivity contribution in [2.24, 2.45) is 5.73 Å². The number of fused-ring (bicyclic) bond motifs is 1. The van der Waals surface area contributed by atoms with Gasteiger partial charge in [0.25, 0.3) is 5.91 Å². The Morgan fingerprint density at radius 1 is 1.04 bits per heavy atom. The van der Waals surface area contributed by atoms with Gasteiger partial charge in [-0.15, -0.1) is 12.4 Å². The number of carbonyl (C=O) groups excluding carboxylic acids is 1. The Morgan fingerprint density at radius 2 is 1.75 bits per heavy atom. The maximum atomic E-state index is 12.6. The van der Waals surface area contributed by atoms with E-state index in [2.05, 4.69) is 11.4 Å². The van der Waals surface area contributed by atoms with Crippen molar-refractivity contribution in [3.05, 3.63) is 59.2 Å². The van der Waals surface area contributed by atoms with Crippen LogP contribution in [0.25, 0.3) is 0 Å². The molecular weight excluding hydrogens is 380 g/mol. The maximum Gasteiger partial charge on any atom is 0.251 e. The standard InChI is InChI=1S/C21H24N2O4.ClH/c22-12-15-1-3-16(4-2-15)20(24)23-13-21(7-9-25-10-8-21)17-5-6-18-19(11-17)27-14-26-18;/h1-6,11H,7-10,12-14,22H2,(H,23,24);1H. The molecule has 0 radical (unpaired) electrons. The summed E-state index contributed by atoms with van der Waals surface area (Å²) < 4.78 is 16.5. The van der Waals surface area contributed by atoms with Gasteiger partial charge in [0.15, 0.2) is 11.5 Å². The van der Waals surface area contributed by atoms with Gasteiger partial charge in [0, 0.05) is 37.3 Å². The summed E-state index contributed by atoms with van der Waals surface area (Å²) in [6, 6.07) is 13.5. The lowest BCUT2D eigenvalue weighted by molar-refractivity contribution is 0.0486. The number of benzene rings is 2. The van der Waals surface area contributed by atoms with Crippen LogP contribution in [-0.4, -0.2) is 32.5 Å². The Labute approximate surface area is 170 Å². The maximum absolute atomic E-state index is 12.6. The van der Waals surface area contributed by atoms with E-state index in [4.69, 9.17) is 19.9 Å². The first-order valence-electron chi connectivity index (χ1n) is 9.25. The average molecular weight is 405 g/mol. The minimum atomic E-state index is -0.175. The van der Waals surface area contributed by atoms with E-state index in [0.29, 0.717) is 31.9 Å². The molecule has 0 aromatic heterocycles. The molecule has 1 amide bonds. The number of halogens is 1. The number of ether oxygens (including phenoxy) is 3. The largest absolute Gasteiger partial charge is 0.454 e. The average Bonchev–Trinajstić information content (AvgIpc) is 3.21. The van der Waals surface area contributed by atoms with Gasteiger partial charge in [0.1, 0.15) is 0 Å². The van der Waals surface area contributed by atoms with Gasteiger partial charge in [0.2, 0.25) is 6.79 Å². The molecule has 0 atom stereocenters. The van der Waals surface area contributed by atoms with Gasteiger partial charge in [-0.05, 0) is 48.2 Å². The van der Waals surface area contributed by atoms with Crippen molar-refractivity contribution in [2.45, 2.75) is 24.8 Å². The number of nitrogens with one attached hydrogen (secondary N) is 1. The molecule has 2 aromatic rings. The number of carbonyl (C=O) groups is 1. The Hall–Kier alpha value is -2.28. The van der Waals surface area contributed by atoms with Crippen LogP contribution in [0.4, 0.5) is 0 Å². The lowest BCUT2D eigenvalue weighted by Gasteiger charge is -2.38. The van der Waals surface area contributed by atoms with Crippen LogP contribution in [0.15, 0.2) is 42.5 Å². The second-order valence-electron chi connectivity index (χ2n) is 7.04. The highest BCUT2D eigenvalue weighted by molar-refractivity contribution is 5.94. The van der Waals surface area contributed by atoms with E-state index in [0.717, 1.165) is 35.5 Å². The summed E-state index contributed by atoms with van der Waals surface area (Å²) in [4.78, 5) is 12.6. The molecule has 0 unspecified atom stereocenters. The van der Waals surface area contributed by atoms with E-state index in [1.54, 1.807) is 0 Å². The fourth-order valence-electron chi connectivity index (χ4n) is 3.70. The first-order chi connectivity index (χ1) is 13.2. The lowest BCUT2D eigenvalue weighted by atomic mass is 9.74. The smallest absolute Gasteiger partial charge is 0.251 e. The summed E-state index contributed by atoms with van der Waals surface area (Å²) in [5.74, 6) is 1.46. The molecule has 0 aliphatic carbocycles. The highest BCUT2D eigenvalue weighted by Gasteiger charge is 2.36. The normalized spacial score (nSPS) is 16.9. The molecule has 28 heavy (non-hydrogen) atoms. The van der Waals surface area contributed by atoms with Crippen molar-refractivity contribution >= 4 is 18.3 Å². The van der Waals surface area contributed by atoms with E-state index in [1.165, 1.54) is 0 Å². The topological polar surface area (TPSA) is 82.8 Å². The predicted molar refractivity (Wildman–Crippen MR) is 108 cm³/mol.